The van der Waals surface area contributed by atoms with Crippen molar-refractivity contribution in [3.8, 4) is 12.3 Å². The Balaban J connectivity index is 2.74. The van der Waals surface area contributed by atoms with Crippen LogP contribution in [0.15, 0.2) is 0 Å². The maximum Gasteiger partial charge on any atom is 0.327 e. The van der Waals surface area contributed by atoms with Gasteiger partial charge in [0.2, 0.25) is 5.91 Å². The molecule has 1 fully saturated rings. The third-order valence-electron chi connectivity index (χ3n) is 3.23. The molecule has 1 aliphatic rings. The molecule has 0 aromatic heterocycles. The summed E-state index contributed by atoms with van der Waals surface area (Å²) in [5, 5.41) is 13.8. The second kappa shape index (κ2) is 7.38. The molecule has 0 radical (unpaired) electrons. The highest BCUT2D eigenvalue weighted by atomic mass is 16.4. The number of carbonyl (C=O) groups excluding carboxylic acids is 2. The fourth-order valence-electron chi connectivity index (χ4n) is 2.16. The Bertz CT molecular complexity index is 430. The minimum atomic E-state index is -1.19. The number of aliphatic carboxylic acids is 1. The van der Waals surface area contributed by atoms with Crippen molar-refractivity contribution in [3.05, 3.63) is 0 Å². The number of amides is 3. The Kier molecular flexibility index (Phi) is 5.84. The van der Waals surface area contributed by atoms with Gasteiger partial charge in [-0.15, -0.1) is 12.3 Å². The van der Waals surface area contributed by atoms with Crippen molar-refractivity contribution >= 4 is 17.9 Å². The van der Waals surface area contributed by atoms with Crippen LogP contribution in [0.4, 0.5) is 4.79 Å². The molecule has 3 N–H and O–H groups in total. The summed E-state index contributed by atoms with van der Waals surface area (Å²) in [7, 11) is 1.51. The molecular formula is C13H19N3O4. The highest BCUT2D eigenvalue weighted by Crippen LogP contribution is 2.17. The van der Waals surface area contributed by atoms with E-state index in [1.54, 1.807) is 0 Å². The van der Waals surface area contributed by atoms with Crippen LogP contribution in [-0.4, -0.2) is 53.6 Å². The minimum absolute atomic E-state index is 0.0977. The van der Waals surface area contributed by atoms with E-state index in [1.807, 2.05) is 0 Å². The fraction of sp³-hybridized carbons (Fsp3) is 0.615. The van der Waals surface area contributed by atoms with E-state index in [9.17, 15) is 14.4 Å². The van der Waals surface area contributed by atoms with Gasteiger partial charge >= 0.3 is 12.0 Å². The van der Waals surface area contributed by atoms with Crippen molar-refractivity contribution < 1.29 is 19.5 Å². The van der Waals surface area contributed by atoms with E-state index in [-0.39, 0.29) is 12.3 Å². The molecule has 0 aliphatic carbocycles. The van der Waals surface area contributed by atoms with Gasteiger partial charge in [-0.25, -0.2) is 9.59 Å². The van der Waals surface area contributed by atoms with Gasteiger partial charge in [0.25, 0.3) is 0 Å². The monoisotopic (exact) mass is 281 g/mol. The summed E-state index contributed by atoms with van der Waals surface area (Å²) >= 11 is 0. The molecule has 3 amide bonds. The van der Waals surface area contributed by atoms with Crippen LogP contribution < -0.4 is 10.6 Å². The van der Waals surface area contributed by atoms with Crippen LogP contribution in [0.5, 0.6) is 0 Å². The van der Waals surface area contributed by atoms with Crippen LogP contribution >= 0.6 is 0 Å². The zero-order valence-corrected chi connectivity index (χ0v) is 11.4. The lowest BCUT2D eigenvalue weighted by Gasteiger charge is -2.34. The number of rotatable bonds is 4. The number of piperidine rings is 1. The molecule has 1 heterocycles. The van der Waals surface area contributed by atoms with Crippen LogP contribution in [-0.2, 0) is 9.59 Å². The normalized spacial score (nSPS) is 19.6. The van der Waals surface area contributed by atoms with Crippen LogP contribution in [0.2, 0.25) is 0 Å². The van der Waals surface area contributed by atoms with Gasteiger partial charge in [-0.1, -0.05) is 0 Å². The predicted octanol–water partition coefficient (Wildman–Crippen LogP) is -0.227. The lowest BCUT2D eigenvalue weighted by Crippen LogP contribution is -2.56. The average Bonchev–Trinajstić information content (AvgIpc) is 2.45. The number of hydrogen-bond donors (Lipinski definition) is 3. The molecule has 0 saturated carbocycles. The summed E-state index contributed by atoms with van der Waals surface area (Å²) in [5.74, 6) is 0.773. The average molecular weight is 281 g/mol. The number of likely N-dealkylation sites (N-methyl/N-ethyl adjacent to an activating group) is 1. The minimum Gasteiger partial charge on any atom is -0.480 e. The maximum atomic E-state index is 12.1. The Morgan fingerprint density at radius 1 is 1.45 bits per heavy atom. The molecule has 110 valence electrons. The summed E-state index contributed by atoms with van der Waals surface area (Å²) in [6, 6.07) is -2.27. The third kappa shape index (κ3) is 3.88. The summed E-state index contributed by atoms with van der Waals surface area (Å²) in [6.07, 6.45) is 7.19. The van der Waals surface area contributed by atoms with E-state index in [0.29, 0.717) is 13.0 Å². The zero-order chi connectivity index (χ0) is 15.1. The molecule has 2 unspecified atom stereocenters. The Morgan fingerprint density at radius 3 is 2.70 bits per heavy atom. The molecule has 0 aromatic rings. The standard InChI is InChI=1S/C13H19N3O4/c1-3-6-9(12(18)19)15-13(20)16-8-5-4-7-10(16)11(17)14-2/h1,9-10H,4-8H2,2H3,(H,14,17)(H,15,20)(H,18,19). The van der Waals surface area contributed by atoms with E-state index < -0.39 is 24.1 Å². The molecule has 2 atom stereocenters. The highest BCUT2D eigenvalue weighted by molar-refractivity contribution is 5.89. The van der Waals surface area contributed by atoms with Crippen molar-refractivity contribution in [2.75, 3.05) is 13.6 Å². The van der Waals surface area contributed by atoms with Crippen LogP contribution in [0.3, 0.4) is 0 Å². The zero-order valence-electron chi connectivity index (χ0n) is 11.4. The lowest BCUT2D eigenvalue weighted by atomic mass is 10.0. The van der Waals surface area contributed by atoms with E-state index in [0.717, 1.165) is 12.8 Å². The number of likely N-dealkylation sites (tertiary alicyclic amines) is 1. The molecule has 0 bridgehead atoms. The predicted molar refractivity (Wildman–Crippen MR) is 71.8 cm³/mol. The van der Waals surface area contributed by atoms with Crippen molar-refractivity contribution in [1.29, 1.82) is 0 Å². The molecule has 20 heavy (non-hydrogen) atoms. The van der Waals surface area contributed by atoms with Gasteiger partial charge in [0.1, 0.15) is 12.1 Å². The van der Waals surface area contributed by atoms with Gasteiger partial charge in [0, 0.05) is 20.0 Å². The summed E-state index contributed by atoms with van der Waals surface area (Å²) in [5.41, 5.74) is 0. The van der Waals surface area contributed by atoms with Gasteiger partial charge < -0.3 is 20.6 Å². The molecule has 7 heteroatoms. The molecule has 7 nitrogen and oxygen atoms in total. The number of nitrogens with one attached hydrogen (secondary N) is 2. The summed E-state index contributed by atoms with van der Waals surface area (Å²) < 4.78 is 0. The SMILES string of the molecule is C#CCC(NC(=O)N1CCCCC1C(=O)NC)C(=O)O. The van der Waals surface area contributed by atoms with Gasteiger partial charge in [-0.05, 0) is 19.3 Å². The number of carbonyl (C=O) groups is 3. The summed E-state index contributed by atoms with van der Waals surface area (Å²) in [6.45, 7) is 0.423. The van der Waals surface area contributed by atoms with Crippen LogP contribution in [0, 0.1) is 12.3 Å². The Labute approximate surface area is 117 Å². The second-order valence-electron chi connectivity index (χ2n) is 4.57. The van der Waals surface area contributed by atoms with E-state index >= 15 is 0 Å². The molecular weight excluding hydrogens is 262 g/mol. The topological polar surface area (TPSA) is 98.7 Å². The molecule has 1 rings (SSSR count). The third-order valence-corrected chi connectivity index (χ3v) is 3.23. The van der Waals surface area contributed by atoms with Gasteiger partial charge in [-0.3, -0.25) is 4.79 Å². The van der Waals surface area contributed by atoms with Gasteiger partial charge in [0.15, 0.2) is 0 Å². The van der Waals surface area contributed by atoms with E-state index in [4.69, 9.17) is 11.5 Å². The Morgan fingerprint density at radius 2 is 2.15 bits per heavy atom. The molecule has 1 aliphatic heterocycles. The van der Waals surface area contributed by atoms with Crippen molar-refractivity contribution in [2.45, 2.75) is 37.8 Å². The smallest absolute Gasteiger partial charge is 0.327 e. The summed E-state index contributed by atoms with van der Waals surface area (Å²) in [4.78, 5) is 36.2. The number of hydrogen-bond acceptors (Lipinski definition) is 3. The number of terminal acetylenes is 1. The number of carboxylic acid groups (broad SMARTS) is 1. The maximum absolute atomic E-state index is 12.1. The first-order valence-corrected chi connectivity index (χ1v) is 6.46. The van der Waals surface area contributed by atoms with E-state index in [2.05, 4.69) is 16.6 Å². The molecule has 0 aromatic carbocycles. The highest BCUT2D eigenvalue weighted by Gasteiger charge is 2.33. The van der Waals surface area contributed by atoms with Gasteiger partial charge in [0.05, 0.1) is 0 Å². The molecule has 1 saturated heterocycles. The first-order chi connectivity index (χ1) is 9.51. The van der Waals surface area contributed by atoms with Crippen molar-refractivity contribution in [2.24, 2.45) is 0 Å². The quantitative estimate of drug-likeness (QED) is 0.620. The number of carboxylic acids is 1. The lowest BCUT2D eigenvalue weighted by molar-refractivity contribution is -0.139. The Hall–Kier alpha value is -2.23. The van der Waals surface area contributed by atoms with Crippen LogP contribution in [0.1, 0.15) is 25.7 Å². The van der Waals surface area contributed by atoms with Crippen LogP contribution in [0.25, 0.3) is 0 Å². The number of nitrogens with zero attached hydrogens (tertiary/aromatic N) is 1. The van der Waals surface area contributed by atoms with Crippen molar-refractivity contribution in [1.82, 2.24) is 15.5 Å². The second-order valence-corrected chi connectivity index (χ2v) is 4.57. The first kappa shape index (κ1) is 15.8. The number of urea groups is 1. The van der Waals surface area contributed by atoms with E-state index in [1.165, 1.54) is 11.9 Å². The largest absolute Gasteiger partial charge is 0.480 e. The molecule has 0 spiro atoms. The van der Waals surface area contributed by atoms with Crippen molar-refractivity contribution in [3.63, 3.8) is 0 Å². The first-order valence-electron chi connectivity index (χ1n) is 6.46. The van der Waals surface area contributed by atoms with Gasteiger partial charge in [-0.2, -0.15) is 0 Å². The fourth-order valence-corrected chi connectivity index (χ4v) is 2.16.